The molecule has 6 nitrogen and oxygen atoms in total. The molecule has 0 bridgehead atoms. The molecule has 0 spiro atoms. The molecular weight excluding hydrogens is 326 g/mol. The van der Waals surface area contributed by atoms with Crippen molar-refractivity contribution in [1.29, 1.82) is 0 Å². The standard InChI is InChI=1S/C17H21N3O3S/c1-13-11-15(17(21)19-18-13)12-14-5-7-16(8-6-14)24(22,23)20-9-3-2-4-10-20/h5-8,11H,2-4,9-10,12H2,1H3,(H,19,21). The normalized spacial score (nSPS) is 16.2. The molecule has 0 atom stereocenters. The van der Waals surface area contributed by atoms with Gasteiger partial charge < -0.3 is 0 Å². The third-order valence-electron chi connectivity index (χ3n) is 4.28. The van der Waals surface area contributed by atoms with Crippen LogP contribution in [0.4, 0.5) is 0 Å². The Hall–Kier alpha value is -1.99. The highest BCUT2D eigenvalue weighted by Crippen LogP contribution is 2.21. The number of aromatic amines is 1. The summed E-state index contributed by atoms with van der Waals surface area (Å²) in [6.07, 6.45) is 3.37. The van der Waals surface area contributed by atoms with Gasteiger partial charge in [-0.3, -0.25) is 4.79 Å². The zero-order valence-corrected chi connectivity index (χ0v) is 14.5. The molecule has 2 heterocycles. The van der Waals surface area contributed by atoms with Crippen LogP contribution in [-0.4, -0.2) is 36.0 Å². The van der Waals surface area contributed by atoms with Crippen LogP contribution >= 0.6 is 0 Å². The summed E-state index contributed by atoms with van der Waals surface area (Å²) in [7, 11) is -3.41. The third kappa shape index (κ3) is 3.57. The van der Waals surface area contributed by atoms with E-state index >= 15 is 0 Å². The molecule has 7 heteroatoms. The summed E-state index contributed by atoms with van der Waals surface area (Å²) in [4.78, 5) is 12.1. The smallest absolute Gasteiger partial charge is 0.267 e. The minimum absolute atomic E-state index is 0.217. The molecule has 2 aromatic rings. The number of nitrogens with one attached hydrogen (secondary N) is 1. The van der Waals surface area contributed by atoms with Crippen molar-refractivity contribution in [3.63, 3.8) is 0 Å². The lowest BCUT2D eigenvalue weighted by Crippen LogP contribution is -2.35. The molecule has 0 aliphatic carbocycles. The van der Waals surface area contributed by atoms with E-state index in [1.807, 2.05) is 6.92 Å². The average Bonchev–Trinajstić information content (AvgIpc) is 2.59. The molecule has 1 fully saturated rings. The minimum Gasteiger partial charge on any atom is -0.268 e. The fraction of sp³-hybridized carbons (Fsp3) is 0.412. The molecule has 1 aliphatic rings. The van der Waals surface area contributed by atoms with Gasteiger partial charge in [0.1, 0.15) is 0 Å². The Morgan fingerprint density at radius 1 is 1.12 bits per heavy atom. The SMILES string of the molecule is Cc1cc(Cc2ccc(S(=O)(=O)N3CCCCC3)cc2)c(=O)[nH]n1. The van der Waals surface area contributed by atoms with E-state index in [2.05, 4.69) is 10.2 Å². The molecule has 1 N–H and O–H groups in total. The Morgan fingerprint density at radius 3 is 2.46 bits per heavy atom. The molecule has 0 radical (unpaired) electrons. The summed E-state index contributed by atoms with van der Waals surface area (Å²) in [5.74, 6) is 0. The average molecular weight is 347 g/mol. The molecule has 1 aliphatic heterocycles. The second kappa shape index (κ2) is 6.86. The predicted molar refractivity (Wildman–Crippen MR) is 91.5 cm³/mol. The van der Waals surface area contributed by atoms with Crippen LogP contribution in [0.1, 0.15) is 36.1 Å². The molecule has 1 aromatic carbocycles. The highest BCUT2D eigenvalue weighted by Gasteiger charge is 2.25. The summed E-state index contributed by atoms with van der Waals surface area (Å²) in [5, 5.41) is 6.32. The predicted octanol–water partition coefficient (Wildman–Crippen LogP) is 1.84. The van der Waals surface area contributed by atoms with Crippen LogP contribution in [-0.2, 0) is 16.4 Å². The number of hydrogen-bond donors (Lipinski definition) is 1. The number of hydrogen-bond acceptors (Lipinski definition) is 4. The van der Waals surface area contributed by atoms with Crippen molar-refractivity contribution in [3.05, 3.63) is 57.5 Å². The Labute approximate surface area is 141 Å². The Balaban J connectivity index is 1.80. The molecular formula is C17H21N3O3S. The van der Waals surface area contributed by atoms with Gasteiger partial charge in [0.2, 0.25) is 10.0 Å². The van der Waals surface area contributed by atoms with E-state index in [1.54, 1.807) is 34.6 Å². The number of aryl methyl sites for hydroxylation is 1. The van der Waals surface area contributed by atoms with Crippen molar-refractivity contribution in [1.82, 2.24) is 14.5 Å². The van der Waals surface area contributed by atoms with E-state index in [0.29, 0.717) is 30.0 Å². The first-order chi connectivity index (χ1) is 11.5. The Kier molecular flexibility index (Phi) is 4.82. The lowest BCUT2D eigenvalue weighted by Gasteiger charge is -2.25. The molecule has 1 saturated heterocycles. The number of nitrogens with zero attached hydrogens (tertiary/aromatic N) is 2. The van der Waals surface area contributed by atoms with Gasteiger partial charge in [-0.2, -0.15) is 9.40 Å². The molecule has 0 amide bonds. The maximum atomic E-state index is 12.6. The van der Waals surface area contributed by atoms with Gasteiger partial charge in [-0.1, -0.05) is 18.6 Å². The molecule has 1 aromatic heterocycles. The molecule has 3 rings (SSSR count). The van der Waals surface area contributed by atoms with E-state index in [9.17, 15) is 13.2 Å². The highest BCUT2D eigenvalue weighted by atomic mass is 32.2. The number of sulfonamides is 1. The topological polar surface area (TPSA) is 83.1 Å². The van der Waals surface area contributed by atoms with Crippen LogP contribution in [0.25, 0.3) is 0 Å². The van der Waals surface area contributed by atoms with Crippen LogP contribution in [0.15, 0.2) is 40.0 Å². The second-order valence-corrected chi connectivity index (χ2v) is 8.09. The van der Waals surface area contributed by atoms with Crippen molar-refractivity contribution in [2.75, 3.05) is 13.1 Å². The van der Waals surface area contributed by atoms with E-state index in [-0.39, 0.29) is 5.56 Å². The molecule has 0 saturated carbocycles. The van der Waals surface area contributed by atoms with Crippen LogP contribution in [0.5, 0.6) is 0 Å². The zero-order valence-electron chi connectivity index (χ0n) is 13.7. The molecule has 128 valence electrons. The first-order valence-corrected chi connectivity index (χ1v) is 9.55. The molecule has 0 unspecified atom stereocenters. The number of piperidine rings is 1. The first-order valence-electron chi connectivity index (χ1n) is 8.11. The van der Waals surface area contributed by atoms with Gasteiger partial charge in [0.05, 0.1) is 10.6 Å². The quantitative estimate of drug-likeness (QED) is 0.915. The van der Waals surface area contributed by atoms with E-state index < -0.39 is 10.0 Å². The van der Waals surface area contributed by atoms with Crippen LogP contribution in [0.2, 0.25) is 0 Å². The van der Waals surface area contributed by atoms with Gasteiger partial charge in [0, 0.05) is 25.1 Å². The lowest BCUT2D eigenvalue weighted by atomic mass is 10.1. The second-order valence-electron chi connectivity index (χ2n) is 6.15. The van der Waals surface area contributed by atoms with Crippen molar-refractivity contribution in [3.8, 4) is 0 Å². The van der Waals surface area contributed by atoms with Crippen molar-refractivity contribution in [2.45, 2.75) is 37.5 Å². The van der Waals surface area contributed by atoms with Gasteiger partial charge in [0.25, 0.3) is 5.56 Å². The Morgan fingerprint density at radius 2 is 1.79 bits per heavy atom. The van der Waals surface area contributed by atoms with E-state index in [1.165, 1.54) is 0 Å². The third-order valence-corrected chi connectivity index (χ3v) is 6.19. The number of H-pyrrole nitrogens is 1. The summed E-state index contributed by atoms with van der Waals surface area (Å²) >= 11 is 0. The van der Waals surface area contributed by atoms with Crippen LogP contribution in [0.3, 0.4) is 0 Å². The maximum Gasteiger partial charge on any atom is 0.267 e. The summed E-state index contributed by atoms with van der Waals surface area (Å²) in [5.41, 5.74) is 2.04. The van der Waals surface area contributed by atoms with E-state index in [0.717, 1.165) is 30.5 Å². The molecule has 24 heavy (non-hydrogen) atoms. The number of aromatic nitrogens is 2. The summed E-state index contributed by atoms with van der Waals surface area (Å²) < 4.78 is 26.8. The summed E-state index contributed by atoms with van der Waals surface area (Å²) in [6.45, 7) is 3.00. The van der Waals surface area contributed by atoms with Gasteiger partial charge in [0.15, 0.2) is 0 Å². The number of benzene rings is 1. The van der Waals surface area contributed by atoms with Crippen LogP contribution in [0, 0.1) is 6.92 Å². The van der Waals surface area contributed by atoms with Gasteiger partial charge in [-0.25, -0.2) is 13.5 Å². The fourth-order valence-electron chi connectivity index (χ4n) is 2.95. The minimum atomic E-state index is -3.41. The number of rotatable bonds is 4. The zero-order chi connectivity index (χ0) is 17.2. The first kappa shape index (κ1) is 16.9. The maximum absolute atomic E-state index is 12.6. The van der Waals surface area contributed by atoms with Gasteiger partial charge in [-0.15, -0.1) is 0 Å². The largest absolute Gasteiger partial charge is 0.268 e. The lowest BCUT2D eigenvalue weighted by molar-refractivity contribution is 0.346. The fourth-order valence-corrected chi connectivity index (χ4v) is 4.46. The Bertz CT molecular complexity index is 867. The van der Waals surface area contributed by atoms with E-state index in [4.69, 9.17) is 0 Å². The van der Waals surface area contributed by atoms with Crippen molar-refractivity contribution < 1.29 is 8.42 Å². The van der Waals surface area contributed by atoms with Gasteiger partial charge >= 0.3 is 0 Å². The van der Waals surface area contributed by atoms with Gasteiger partial charge in [-0.05, 0) is 43.5 Å². The highest BCUT2D eigenvalue weighted by molar-refractivity contribution is 7.89. The van der Waals surface area contributed by atoms with Crippen LogP contribution < -0.4 is 5.56 Å². The monoisotopic (exact) mass is 347 g/mol. The summed E-state index contributed by atoms with van der Waals surface area (Å²) in [6, 6.07) is 8.54. The van der Waals surface area contributed by atoms with Crippen molar-refractivity contribution >= 4 is 10.0 Å². The van der Waals surface area contributed by atoms with Crippen molar-refractivity contribution in [2.24, 2.45) is 0 Å².